The summed E-state index contributed by atoms with van der Waals surface area (Å²) in [6.45, 7) is 4.08. The van der Waals surface area contributed by atoms with E-state index in [1.54, 1.807) is 6.20 Å². The average molecular weight is 321 g/mol. The fourth-order valence-corrected chi connectivity index (χ4v) is 2.13. The number of hydrogen-bond acceptors (Lipinski definition) is 6. The molecule has 0 fully saturated rings. The summed E-state index contributed by atoms with van der Waals surface area (Å²) in [6.07, 6.45) is 4.16. The number of hydrogen-bond donors (Lipinski definition) is 2. The summed E-state index contributed by atoms with van der Waals surface area (Å²) in [5.74, 6) is 2.10. The molecule has 1 aromatic carbocycles. The quantitative estimate of drug-likeness (QED) is 0.742. The Labute approximate surface area is 140 Å². The highest BCUT2D eigenvalue weighted by molar-refractivity contribution is 5.71. The maximum absolute atomic E-state index is 6.12. The molecule has 3 rings (SSSR count). The topological polar surface area (TPSA) is 86.0 Å². The summed E-state index contributed by atoms with van der Waals surface area (Å²) >= 11 is 0. The first-order valence-corrected chi connectivity index (χ1v) is 7.72. The molecule has 0 aliphatic carbocycles. The largest absolute Gasteiger partial charge is 0.437 e. The molecular formula is C18H19N5O. The predicted molar refractivity (Wildman–Crippen MR) is 94.6 cm³/mol. The Morgan fingerprint density at radius 2 is 1.83 bits per heavy atom. The maximum Gasteiger partial charge on any atom is 0.248 e. The van der Waals surface area contributed by atoms with Crippen LogP contribution in [0.3, 0.4) is 0 Å². The zero-order valence-electron chi connectivity index (χ0n) is 13.7. The van der Waals surface area contributed by atoms with Gasteiger partial charge in [-0.1, -0.05) is 25.1 Å². The van der Waals surface area contributed by atoms with Gasteiger partial charge in [0.2, 0.25) is 5.88 Å². The van der Waals surface area contributed by atoms with Crippen molar-refractivity contribution in [2.24, 2.45) is 0 Å². The van der Waals surface area contributed by atoms with E-state index in [9.17, 15) is 0 Å². The number of pyridine rings is 1. The Morgan fingerprint density at radius 1 is 1.04 bits per heavy atom. The third kappa shape index (κ3) is 3.60. The number of aromatic nitrogens is 3. The minimum absolute atomic E-state index is 0.309. The second-order valence-corrected chi connectivity index (χ2v) is 5.39. The molecule has 2 aromatic heterocycles. The standard InChI is InChI=1S/C18H19N5O/c1-3-13-5-7-14(8-6-13)24-18-16(19)17(21-11-22-18)23-15-9-4-12(2)10-20-15/h4-11H,3,19H2,1-2H3,(H,20,21,22,23). The van der Waals surface area contributed by atoms with Crippen LogP contribution in [-0.2, 0) is 6.42 Å². The molecule has 0 radical (unpaired) electrons. The van der Waals surface area contributed by atoms with Crippen LogP contribution in [0.25, 0.3) is 0 Å². The van der Waals surface area contributed by atoms with Crippen molar-refractivity contribution in [2.75, 3.05) is 11.1 Å². The van der Waals surface area contributed by atoms with Crippen molar-refractivity contribution < 1.29 is 4.74 Å². The van der Waals surface area contributed by atoms with Crippen LogP contribution in [0.1, 0.15) is 18.1 Å². The lowest BCUT2D eigenvalue weighted by molar-refractivity contribution is 0.464. The lowest BCUT2D eigenvalue weighted by Gasteiger charge is -2.11. The van der Waals surface area contributed by atoms with Crippen molar-refractivity contribution in [3.8, 4) is 11.6 Å². The summed E-state index contributed by atoms with van der Waals surface area (Å²) in [5.41, 5.74) is 8.78. The van der Waals surface area contributed by atoms with E-state index in [-0.39, 0.29) is 0 Å². The number of benzene rings is 1. The smallest absolute Gasteiger partial charge is 0.248 e. The molecule has 0 saturated carbocycles. The van der Waals surface area contributed by atoms with Crippen LogP contribution in [0.2, 0.25) is 0 Å². The van der Waals surface area contributed by atoms with Gasteiger partial charge in [-0.15, -0.1) is 0 Å². The Balaban J connectivity index is 1.80. The molecule has 0 aliphatic heterocycles. The van der Waals surface area contributed by atoms with Gasteiger partial charge in [-0.25, -0.2) is 9.97 Å². The molecule has 0 spiro atoms. The van der Waals surface area contributed by atoms with Gasteiger partial charge in [-0.2, -0.15) is 4.98 Å². The van der Waals surface area contributed by atoms with Crippen molar-refractivity contribution in [3.63, 3.8) is 0 Å². The summed E-state index contributed by atoms with van der Waals surface area (Å²) < 4.78 is 5.77. The minimum atomic E-state index is 0.309. The highest BCUT2D eigenvalue weighted by Gasteiger charge is 2.11. The number of ether oxygens (including phenoxy) is 1. The average Bonchev–Trinajstić information content (AvgIpc) is 2.61. The maximum atomic E-state index is 6.12. The number of nitrogen functional groups attached to an aromatic ring is 1. The molecule has 6 heteroatoms. The number of nitrogens with one attached hydrogen (secondary N) is 1. The molecule has 0 saturated heterocycles. The van der Waals surface area contributed by atoms with Crippen LogP contribution in [0, 0.1) is 6.92 Å². The van der Waals surface area contributed by atoms with E-state index in [1.807, 2.05) is 43.3 Å². The van der Waals surface area contributed by atoms with Gasteiger partial charge in [0.05, 0.1) is 0 Å². The third-order valence-corrected chi connectivity index (χ3v) is 3.55. The van der Waals surface area contributed by atoms with Gasteiger partial charge in [0.1, 0.15) is 23.6 Å². The summed E-state index contributed by atoms with van der Waals surface area (Å²) in [7, 11) is 0. The van der Waals surface area contributed by atoms with Gasteiger partial charge in [0, 0.05) is 6.20 Å². The van der Waals surface area contributed by atoms with Crippen LogP contribution >= 0.6 is 0 Å². The SMILES string of the molecule is CCc1ccc(Oc2ncnc(Nc3ccc(C)cn3)c2N)cc1. The molecule has 0 bridgehead atoms. The highest BCUT2D eigenvalue weighted by atomic mass is 16.5. The van der Waals surface area contributed by atoms with Gasteiger partial charge in [-0.05, 0) is 42.7 Å². The van der Waals surface area contributed by atoms with Crippen LogP contribution in [0.4, 0.5) is 17.3 Å². The molecule has 122 valence electrons. The Hall–Kier alpha value is -3.15. The molecule has 2 heterocycles. The van der Waals surface area contributed by atoms with Gasteiger partial charge in [-0.3, -0.25) is 0 Å². The molecule has 3 aromatic rings. The van der Waals surface area contributed by atoms with Gasteiger partial charge >= 0.3 is 0 Å². The van der Waals surface area contributed by atoms with Gasteiger partial charge in [0.25, 0.3) is 0 Å². The summed E-state index contributed by atoms with van der Waals surface area (Å²) in [6, 6.07) is 11.6. The number of anilines is 3. The number of nitrogens with two attached hydrogens (primary N) is 1. The Morgan fingerprint density at radius 3 is 2.50 bits per heavy atom. The number of aryl methyl sites for hydroxylation is 2. The molecule has 3 N–H and O–H groups in total. The molecule has 0 aliphatic rings. The van der Waals surface area contributed by atoms with E-state index in [0.29, 0.717) is 29.0 Å². The molecule has 0 atom stereocenters. The third-order valence-electron chi connectivity index (χ3n) is 3.55. The number of nitrogens with zero attached hydrogens (tertiary/aromatic N) is 3. The van der Waals surface area contributed by atoms with E-state index in [4.69, 9.17) is 10.5 Å². The molecule has 6 nitrogen and oxygen atoms in total. The summed E-state index contributed by atoms with van der Waals surface area (Å²) in [5, 5.41) is 3.08. The van der Waals surface area contributed by atoms with Crippen molar-refractivity contribution in [1.29, 1.82) is 0 Å². The summed E-state index contributed by atoms with van der Waals surface area (Å²) in [4.78, 5) is 12.6. The first kappa shape index (κ1) is 15.7. The second-order valence-electron chi connectivity index (χ2n) is 5.39. The minimum Gasteiger partial charge on any atom is -0.437 e. The van der Waals surface area contributed by atoms with Crippen LogP contribution < -0.4 is 15.8 Å². The van der Waals surface area contributed by atoms with Crippen molar-refractivity contribution in [3.05, 3.63) is 60.0 Å². The Kier molecular flexibility index (Phi) is 4.56. The van der Waals surface area contributed by atoms with E-state index >= 15 is 0 Å². The van der Waals surface area contributed by atoms with E-state index < -0.39 is 0 Å². The van der Waals surface area contributed by atoms with Gasteiger partial charge < -0.3 is 15.8 Å². The number of rotatable bonds is 5. The fourth-order valence-electron chi connectivity index (χ4n) is 2.13. The lowest BCUT2D eigenvalue weighted by atomic mass is 10.2. The van der Waals surface area contributed by atoms with Crippen LogP contribution in [-0.4, -0.2) is 15.0 Å². The van der Waals surface area contributed by atoms with Crippen LogP contribution in [0.5, 0.6) is 11.6 Å². The predicted octanol–water partition coefficient (Wildman–Crippen LogP) is 3.86. The first-order chi connectivity index (χ1) is 11.7. The second kappa shape index (κ2) is 6.95. The van der Waals surface area contributed by atoms with E-state index in [2.05, 4.69) is 27.2 Å². The monoisotopic (exact) mass is 321 g/mol. The molecule has 0 amide bonds. The van der Waals surface area contributed by atoms with Crippen molar-refractivity contribution >= 4 is 17.3 Å². The van der Waals surface area contributed by atoms with E-state index in [0.717, 1.165) is 12.0 Å². The van der Waals surface area contributed by atoms with Gasteiger partial charge in [0.15, 0.2) is 5.82 Å². The zero-order chi connectivity index (χ0) is 16.9. The zero-order valence-corrected chi connectivity index (χ0v) is 13.7. The highest BCUT2D eigenvalue weighted by Crippen LogP contribution is 2.30. The lowest BCUT2D eigenvalue weighted by Crippen LogP contribution is -2.04. The molecule has 24 heavy (non-hydrogen) atoms. The Bertz CT molecular complexity index is 816. The van der Waals surface area contributed by atoms with E-state index in [1.165, 1.54) is 11.9 Å². The van der Waals surface area contributed by atoms with Crippen molar-refractivity contribution in [2.45, 2.75) is 20.3 Å². The first-order valence-electron chi connectivity index (χ1n) is 7.72. The van der Waals surface area contributed by atoms with Crippen molar-refractivity contribution in [1.82, 2.24) is 15.0 Å². The fraction of sp³-hybridized carbons (Fsp3) is 0.167. The van der Waals surface area contributed by atoms with Crippen LogP contribution in [0.15, 0.2) is 48.9 Å². The molecular weight excluding hydrogens is 302 g/mol. The normalized spacial score (nSPS) is 10.4. The molecule has 0 unspecified atom stereocenters.